The van der Waals surface area contributed by atoms with Crippen LogP contribution in [0.3, 0.4) is 0 Å². The number of nitrogens with one attached hydrogen (secondary N) is 1. The van der Waals surface area contributed by atoms with E-state index in [2.05, 4.69) is 21.2 Å². The first-order valence-electron chi connectivity index (χ1n) is 3.22. The van der Waals surface area contributed by atoms with E-state index in [9.17, 15) is 4.79 Å². The lowest BCUT2D eigenvalue weighted by Gasteiger charge is -2.01. The van der Waals surface area contributed by atoms with Crippen LogP contribution >= 0.6 is 15.9 Å². The Morgan fingerprint density at radius 1 is 1.56 bits per heavy atom. The molecule has 3 heteroatoms. The van der Waals surface area contributed by atoms with Crippen molar-refractivity contribution in [1.82, 2.24) is 5.32 Å². The standard InChI is InChI=1S/C6H10BrNO/c7-5-3-1-2-4-8-6(5)9/h5H,1-4H2,(H,8,9)/t5-/m0/s1. The van der Waals surface area contributed by atoms with Gasteiger partial charge in [-0.1, -0.05) is 22.4 Å². The molecule has 1 aliphatic rings. The highest BCUT2D eigenvalue weighted by atomic mass is 79.9. The predicted molar refractivity (Wildman–Crippen MR) is 39.6 cm³/mol. The molecule has 1 atom stereocenters. The summed E-state index contributed by atoms with van der Waals surface area (Å²) in [6.45, 7) is 0.848. The van der Waals surface area contributed by atoms with Crippen molar-refractivity contribution in [3.05, 3.63) is 0 Å². The summed E-state index contributed by atoms with van der Waals surface area (Å²) < 4.78 is 0. The van der Waals surface area contributed by atoms with E-state index in [-0.39, 0.29) is 10.7 Å². The second kappa shape index (κ2) is 3.20. The van der Waals surface area contributed by atoms with E-state index in [1.165, 1.54) is 0 Å². The first kappa shape index (κ1) is 7.06. The zero-order valence-electron chi connectivity index (χ0n) is 5.19. The Kier molecular flexibility index (Phi) is 2.51. The number of carbonyl (C=O) groups excluding carboxylic acids is 1. The van der Waals surface area contributed by atoms with Gasteiger partial charge in [0.05, 0.1) is 4.83 Å². The van der Waals surface area contributed by atoms with Crippen LogP contribution in [-0.4, -0.2) is 17.3 Å². The number of hydrogen-bond donors (Lipinski definition) is 1. The highest BCUT2D eigenvalue weighted by Crippen LogP contribution is 2.12. The molecule has 1 saturated heterocycles. The van der Waals surface area contributed by atoms with Gasteiger partial charge in [-0.05, 0) is 12.8 Å². The minimum atomic E-state index is 0.0556. The van der Waals surface area contributed by atoms with E-state index in [0.29, 0.717) is 0 Å². The molecule has 1 amide bonds. The molecular weight excluding hydrogens is 182 g/mol. The summed E-state index contributed by atoms with van der Waals surface area (Å²) in [7, 11) is 0. The molecule has 52 valence electrons. The van der Waals surface area contributed by atoms with Crippen molar-refractivity contribution in [2.24, 2.45) is 0 Å². The summed E-state index contributed by atoms with van der Waals surface area (Å²) in [5.41, 5.74) is 0. The lowest BCUT2D eigenvalue weighted by Crippen LogP contribution is -2.28. The largest absolute Gasteiger partial charge is 0.355 e. The fourth-order valence-electron chi connectivity index (χ4n) is 0.902. The van der Waals surface area contributed by atoms with Crippen LogP contribution < -0.4 is 5.32 Å². The van der Waals surface area contributed by atoms with Crippen LogP contribution in [0, 0.1) is 0 Å². The van der Waals surface area contributed by atoms with Crippen LogP contribution in [0.15, 0.2) is 0 Å². The number of amides is 1. The van der Waals surface area contributed by atoms with Gasteiger partial charge in [-0.2, -0.15) is 0 Å². The van der Waals surface area contributed by atoms with Gasteiger partial charge in [-0.15, -0.1) is 0 Å². The average molecular weight is 192 g/mol. The number of hydrogen-bond acceptors (Lipinski definition) is 1. The molecule has 0 aliphatic carbocycles. The minimum absolute atomic E-state index is 0.0556. The quantitative estimate of drug-likeness (QED) is 0.571. The normalized spacial score (nSPS) is 29.0. The van der Waals surface area contributed by atoms with Gasteiger partial charge in [0.1, 0.15) is 0 Å². The molecule has 0 unspecified atom stereocenters. The average Bonchev–Trinajstić information content (AvgIpc) is 1.99. The van der Waals surface area contributed by atoms with Crippen LogP contribution in [0.25, 0.3) is 0 Å². The zero-order chi connectivity index (χ0) is 6.69. The first-order valence-corrected chi connectivity index (χ1v) is 4.14. The number of halogens is 1. The van der Waals surface area contributed by atoms with Crippen LogP contribution in [0.2, 0.25) is 0 Å². The molecule has 1 N–H and O–H groups in total. The van der Waals surface area contributed by atoms with Crippen LogP contribution in [0.1, 0.15) is 19.3 Å². The third kappa shape index (κ3) is 1.97. The number of alkyl halides is 1. The Labute approximate surface area is 63.1 Å². The summed E-state index contributed by atoms with van der Waals surface area (Å²) in [5, 5.41) is 2.81. The maximum atomic E-state index is 10.9. The fraction of sp³-hybridized carbons (Fsp3) is 0.833. The molecule has 2 nitrogen and oxygen atoms in total. The Bertz CT molecular complexity index is 116. The van der Waals surface area contributed by atoms with Gasteiger partial charge < -0.3 is 5.32 Å². The van der Waals surface area contributed by atoms with E-state index < -0.39 is 0 Å². The maximum Gasteiger partial charge on any atom is 0.233 e. The van der Waals surface area contributed by atoms with Crippen molar-refractivity contribution in [1.29, 1.82) is 0 Å². The minimum Gasteiger partial charge on any atom is -0.355 e. The molecule has 0 radical (unpaired) electrons. The summed E-state index contributed by atoms with van der Waals surface area (Å²) in [4.78, 5) is 10.9. The molecular formula is C6H10BrNO. The molecule has 1 heterocycles. The van der Waals surface area contributed by atoms with Crippen molar-refractivity contribution in [2.75, 3.05) is 6.54 Å². The van der Waals surface area contributed by atoms with Gasteiger partial charge >= 0.3 is 0 Å². The third-order valence-electron chi connectivity index (χ3n) is 1.47. The molecule has 0 aromatic carbocycles. The summed E-state index contributed by atoms with van der Waals surface area (Å²) >= 11 is 3.29. The molecule has 1 rings (SSSR count). The Balaban J connectivity index is 2.41. The van der Waals surface area contributed by atoms with Crippen molar-refractivity contribution >= 4 is 21.8 Å². The smallest absolute Gasteiger partial charge is 0.233 e. The van der Waals surface area contributed by atoms with E-state index >= 15 is 0 Å². The predicted octanol–water partition coefficient (Wildman–Crippen LogP) is 1.05. The molecule has 0 aromatic heterocycles. The molecule has 0 spiro atoms. The van der Waals surface area contributed by atoms with Crippen LogP contribution in [0.4, 0.5) is 0 Å². The van der Waals surface area contributed by atoms with Crippen molar-refractivity contribution in [3.63, 3.8) is 0 Å². The first-order chi connectivity index (χ1) is 4.30. The van der Waals surface area contributed by atoms with Crippen molar-refractivity contribution in [3.8, 4) is 0 Å². The summed E-state index contributed by atoms with van der Waals surface area (Å²) in [6.07, 6.45) is 3.24. The Morgan fingerprint density at radius 3 is 3.11 bits per heavy atom. The van der Waals surface area contributed by atoms with Gasteiger partial charge in [0.25, 0.3) is 0 Å². The Hall–Kier alpha value is -0.0500. The molecule has 1 aliphatic heterocycles. The van der Waals surface area contributed by atoms with E-state index in [0.717, 1.165) is 25.8 Å². The van der Waals surface area contributed by atoms with Gasteiger partial charge in [-0.3, -0.25) is 4.79 Å². The van der Waals surface area contributed by atoms with Crippen LogP contribution in [-0.2, 0) is 4.79 Å². The topological polar surface area (TPSA) is 29.1 Å². The monoisotopic (exact) mass is 191 g/mol. The lowest BCUT2D eigenvalue weighted by molar-refractivity contribution is -0.120. The summed E-state index contributed by atoms with van der Waals surface area (Å²) in [5.74, 6) is 0.146. The maximum absolute atomic E-state index is 10.9. The lowest BCUT2D eigenvalue weighted by atomic mass is 10.2. The highest BCUT2D eigenvalue weighted by Gasteiger charge is 2.15. The SMILES string of the molecule is O=C1NCCCC[C@@H]1Br. The van der Waals surface area contributed by atoms with E-state index in [1.807, 2.05) is 0 Å². The Morgan fingerprint density at radius 2 is 2.33 bits per heavy atom. The van der Waals surface area contributed by atoms with Gasteiger partial charge in [0.15, 0.2) is 0 Å². The molecule has 9 heavy (non-hydrogen) atoms. The number of carbonyl (C=O) groups is 1. The van der Waals surface area contributed by atoms with Gasteiger partial charge in [0.2, 0.25) is 5.91 Å². The summed E-state index contributed by atoms with van der Waals surface area (Å²) in [6, 6.07) is 0. The third-order valence-corrected chi connectivity index (χ3v) is 2.34. The molecule has 1 fully saturated rings. The van der Waals surface area contributed by atoms with Gasteiger partial charge in [0, 0.05) is 6.54 Å². The fourth-order valence-corrected chi connectivity index (χ4v) is 1.39. The molecule has 0 bridgehead atoms. The second-order valence-electron chi connectivity index (χ2n) is 2.25. The molecule has 0 aromatic rings. The van der Waals surface area contributed by atoms with Gasteiger partial charge in [-0.25, -0.2) is 0 Å². The van der Waals surface area contributed by atoms with E-state index in [1.54, 1.807) is 0 Å². The van der Waals surface area contributed by atoms with Crippen molar-refractivity contribution < 1.29 is 4.79 Å². The van der Waals surface area contributed by atoms with E-state index in [4.69, 9.17) is 0 Å². The van der Waals surface area contributed by atoms with Crippen LogP contribution in [0.5, 0.6) is 0 Å². The zero-order valence-corrected chi connectivity index (χ0v) is 6.78. The van der Waals surface area contributed by atoms with Crippen molar-refractivity contribution in [2.45, 2.75) is 24.1 Å². The number of rotatable bonds is 0. The highest BCUT2D eigenvalue weighted by molar-refractivity contribution is 9.10. The molecule has 0 saturated carbocycles. The second-order valence-corrected chi connectivity index (χ2v) is 3.36.